The van der Waals surface area contributed by atoms with Gasteiger partial charge in [-0.1, -0.05) is 13.8 Å². The average molecular weight is 1920 g/mol. The smallest absolute Gasteiger partial charge is 0.227 e. The van der Waals surface area contributed by atoms with Crippen LogP contribution in [0.1, 0.15) is 84.6 Å². The predicted molar refractivity (Wildman–Crippen MR) is 537 cm³/mol. The number of pyridine rings is 8. The fourth-order valence-corrected chi connectivity index (χ4v) is 18.0. The molecule has 12 aromatic heterocycles. The van der Waals surface area contributed by atoms with E-state index in [9.17, 15) is 38.6 Å². The van der Waals surface area contributed by atoms with E-state index in [0.29, 0.717) is 166 Å². The summed E-state index contributed by atoms with van der Waals surface area (Å²) in [6.45, 7) is 30.5. The van der Waals surface area contributed by atoms with Gasteiger partial charge in [0.1, 0.15) is 72.2 Å². The molecule has 0 bridgehead atoms. The third-order valence-electron chi connectivity index (χ3n) is 26.4. The number of likely N-dealkylation sites (N-methyl/N-ethyl adjacent to an activating group) is 4. The fourth-order valence-electron chi connectivity index (χ4n) is 18.0. The van der Waals surface area contributed by atoms with Crippen molar-refractivity contribution in [2.75, 3.05) is 225 Å². The van der Waals surface area contributed by atoms with Crippen molar-refractivity contribution in [2.45, 2.75) is 90.4 Å². The second-order valence-corrected chi connectivity index (χ2v) is 36.5. The maximum Gasteiger partial charge on any atom is 0.227 e. The Labute approximate surface area is 824 Å². The lowest BCUT2D eigenvalue weighted by atomic mass is 10.1. The summed E-state index contributed by atoms with van der Waals surface area (Å²) in [7, 11) is 4.30. The lowest BCUT2D eigenvalue weighted by Crippen LogP contribution is -2.45. The Balaban J connectivity index is 0.000000130. The van der Waals surface area contributed by atoms with E-state index in [1.165, 1.54) is 0 Å². The standard InChI is InChI=1S/2C26H30FN9.2C25H28FN9/c2*1-2-34-9-11-35(12-10-34)18-23-4-3-22(16-30-23)32-26-29-7-5-24(33-26)20-13-19(14-28)25(31-15-20)36-8-6-21(27)17-36;2*1-33-8-10-34(11-9-33)17-22-3-2-21(15-29-22)31-25-28-6-4-23(32-25)19-12-18(13-27)24(30-14-19)35-7-5-20(26)16-35/h2*3-5,7,13,15-16,21H,2,6,8-12,17-18H2,1H3,(H,29,32,33);2*2-4,6,12,14-15,20H,5,7-11,16-17H2,1H3,(H,28,31,32)/t2*21-;2*20-/m1010/s1. The Morgan fingerprint density at radius 2 is 0.507 bits per heavy atom. The van der Waals surface area contributed by atoms with Crippen molar-refractivity contribution in [1.82, 2.24) is 119 Å². The van der Waals surface area contributed by atoms with Crippen LogP contribution in [-0.2, 0) is 26.2 Å². The van der Waals surface area contributed by atoms with Gasteiger partial charge in [0.05, 0.1) is 142 Å². The molecule has 0 aliphatic carbocycles. The molecule has 0 unspecified atom stereocenters. The largest absolute Gasteiger partial charge is 0.352 e. The first kappa shape index (κ1) is 98.9. The molecule has 36 nitrogen and oxygen atoms in total. The molecule has 142 heavy (non-hydrogen) atoms. The first-order valence-corrected chi connectivity index (χ1v) is 48.5. The molecule has 0 spiro atoms. The molecule has 0 radical (unpaired) electrons. The minimum atomic E-state index is -0.881. The van der Waals surface area contributed by atoms with E-state index < -0.39 is 24.7 Å². The highest BCUT2D eigenvalue weighted by Gasteiger charge is 2.32. The Bertz CT molecular complexity index is 5990. The van der Waals surface area contributed by atoms with Crippen molar-refractivity contribution < 1.29 is 17.6 Å². The molecule has 8 aliphatic heterocycles. The monoisotopic (exact) mass is 1920 g/mol. The van der Waals surface area contributed by atoms with Crippen LogP contribution in [0, 0.1) is 45.3 Å². The third kappa shape index (κ3) is 26.7. The number of nitriles is 4. The van der Waals surface area contributed by atoms with E-state index in [0.717, 1.165) is 190 Å². The van der Waals surface area contributed by atoms with Gasteiger partial charge in [-0.2, -0.15) is 21.0 Å². The maximum atomic E-state index is 13.6. The van der Waals surface area contributed by atoms with E-state index in [1.54, 1.807) is 123 Å². The Morgan fingerprint density at radius 3 is 0.704 bits per heavy atom. The summed E-state index contributed by atoms with van der Waals surface area (Å²) in [5.74, 6) is 3.80. The SMILES string of the molecule is CCN1CCN(Cc2ccc(Nc3nccc(-c4cnc(N5CC[C@@H](F)C5)c(C#N)c4)n3)cn2)CC1.CCN1CCN(Cc2ccc(Nc3nccc(-c4cnc(N5CC[C@H](F)C5)c(C#N)c4)n3)cn2)CC1.CN1CCN(Cc2ccc(Nc3nccc(-c4cnc(N5CC[C@@H](F)C5)c(C#N)c4)n3)cn2)CC1.CN1CCN(Cc2ccc(Nc3nccc(-c4cnc(N5CC[C@H](F)C5)c(C#N)c4)n3)cn2)CC1. The zero-order chi connectivity index (χ0) is 98.2. The Morgan fingerprint density at radius 1 is 0.282 bits per heavy atom. The predicted octanol–water partition coefficient (Wildman–Crippen LogP) is 12.2. The molecule has 12 aromatic rings. The highest BCUT2D eigenvalue weighted by Crippen LogP contribution is 2.35. The van der Waals surface area contributed by atoms with Gasteiger partial charge < -0.3 is 60.5 Å². The zero-order valence-electron chi connectivity index (χ0n) is 80.3. The van der Waals surface area contributed by atoms with Crippen LogP contribution < -0.4 is 40.9 Å². The minimum Gasteiger partial charge on any atom is -0.352 e. The summed E-state index contributed by atoms with van der Waals surface area (Å²) in [5, 5.41) is 51.4. The molecule has 8 fully saturated rings. The zero-order valence-corrected chi connectivity index (χ0v) is 80.3. The van der Waals surface area contributed by atoms with Gasteiger partial charge in [-0.15, -0.1) is 0 Å². The van der Waals surface area contributed by atoms with Crippen LogP contribution in [0.5, 0.6) is 0 Å². The molecule has 0 aromatic carbocycles. The lowest BCUT2D eigenvalue weighted by molar-refractivity contribution is 0.131. The van der Waals surface area contributed by atoms with Gasteiger partial charge in [0.2, 0.25) is 23.8 Å². The van der Waals surface area contributed by atoms with Crippen molar-refractivity contribution in [1.29, 1.82) is 21.0 Å². The van der Waals surface area contributed by atoms with Crippen LogP contribution in [-0.4, -0.2) is 328 Å². The number of hydrogen-bond donors (Lipinski definition) is 4. The van der Waals surface area contributed by atoms with Crippen molar-refractivity contribution in [3.05, 3.63) is 216 Å². The normalized spacial score (nSPS) is 18.9. The lowest BCUT2D eigenvalue weighted by Gasteiger charge is -2.33. The number of aromatic nitrogens is 16. The molecular formula is C102H116F4N36. The van der Waals surface area contributed by atoms with E-state index in [1.807, 2.05) is 68.1 Å². The summed E-state index contributed by atoms with van der Waals surface area (Å²) in [5.41, 5.74) is 14.3. The van der Waals surface area contributed by atoms with E-state index in [2.05, 4.69) is 192 Å². The van der Waals surface area contributed by atoms with Crippen LogP contribution in [0.25, 0.3) is 45.0 Å². The number of nitrogens with zero attached hydrogens (tertiary/aromatic N) is 32. The van der Waals surface area contributed by atoms with E-state index in [4.69, 9.17) is 0 Å². The minimum absolute atomic E-state index is 0.269. The number of hydrogen-bond acceptors (Lipinski definition) is 36. The molecular weight excluding hydrogens is 1810 g/mol. The van der Waals surface area contributed by atoms with Crippen molar-refractivity contribution in [2.24, 2.45) is 0 Å². The summed E-state index contributed by atoms with van der Waals surface area (Å²) >= 11 is 0. The number of rotatable bonds is 26. The second-order valence-electron chi connectivity index (χ2n) is 36.5. The number of piperazine rings is 4. The molecule has 20 rings (SSSR count). The molecule has 40 heteroatoms. The third-order valence-corrected chi connectivity index (χ3v) is 26.4. The average Bonchev–Trinajstić information content (AvgIpc) is 1.42. The number of alkyl halides is 4. The molecule has 20 heterocycles. The molecule has 4 atom stereocenters. The first-order chi connectivity index (χ1) is 69.3. The summed E-state index contributed by atoms with van der Waals surface area (Å²) in [4.78, 5) is 98.5. The van der Waals surface area contributed by atoms with Crippen LogP contribution in [0.3, 0.4) is 0 Å². The van der Waals surface area contributed by atoms with Gasteiger partial charge in [-0.25, -0.2) is 77.4 Å². The number of nitrogens with one attached hydrogen (secondary N) is 4. The highest BCUT2D eigenvalue weighted by molar-refractivity contribution is 5.72. The molecule has 8 saturated heterocycles. The molecule has 0 amide bonds. The van der Waals surface area contributed by atoms with Gasteiger partial charge in [-0.3, -0.25) is 39.5 Å². The Hall–Kier alpha value is -14.7. The van der Waals surface area contributed by atoms with Crippen molar-refractivity contribution in [3.8, 4) is 69.3 Å². The summed E-state index contributed by atoms with van der Waals surface area (Å²) in [6, 6.07) is 38.9. The van der Waals surface area contributed by atoms with Gasteiger partial charge in [0.25, 0.3) is 0 Å². The van der Waals surface area contributed by atoms with Gasteiger partial charge in [-0.05, 0) is 150 Å². The quantitative estimate of drug-likeness (QED) is 0.0366. The topological polar surface area (TPSA) is 388 Å². The Kier molecular flexibility index (Phi) is 33.4. The second kappa shape index (κ2) is 48.0. The van der Waals surface area contributed by atoms with E-state index >= 15 is 0 Å². The summed E-state index contributed by atoms with van der Waals surface area (Å²) in [6.07, 6.45) is 18.8. The van der Waals surface area contributed by atoms with Crippen LogP contribution >= 0.6 is 0 Å². The molecule has 4 N–H and O–H groups in total. The van der Waals surface area contributed by atoms with Gasteiger partial charge in [0.15, 0.2) is 0 Å². The number of anilines is 12. The maximum absolute atomic E-state index is 13.6. The van der Waals surface area contributed by atoms with Gasteiger partial charge >= 0.3 is 0 Å². The fraction of sp³-hybridized carbons (Fsp3) is 0.412. The number of halogens is 4. The molecule has 8 aliphatic rings. The van der Waals surface area contributed by atoms with Crippen LogP contribution in [0.2, 0.25) is 0 Å². The van der Waals surface area contributed by atoms with Crippen molar-refractivity contribution in [3.63, 3.8) is 0 Å². The summed E-state index contributed by atoms with van der Waals surface area (Å²) < 4.78 is 54.5. The molecule has 0 saturated carbocycles. The highest BCUT2D eigenvalue weighted by atomic mass is 19.1. The van der Waals surface area contributed by atoms with Crippen LogP contribution in [0.4, 0.5) is 87.4 Å². The van der Waals surface area contributed by atoms with E-state index in [-0.39, 0.29) is 26.2 Å². The van der Waals surface area contributed by atoms with Crippen LogP contribution in [0.15, 0.2) is 171 Å². The first-order valence-electron chi connectivity index (χ1n) is 48.5. The molecule has 732 valence electrons. The van der Waals surface area contributed by atoms with Gasteiger partial charge in [0, 0.05) is 229 Å². The van der Waals surface area contributed by atoms with Crippen molar-refractivity contribution >= 4 is 69.8 Å².